The maximum Gasteiger partial charge on any atom is 0.240 e. The van der Waals surface area contributed by atoms with Crippen LogP contribution < -0.4 is 5.73 Å². The van der Waals surface area contributed by atoms with Crippen LogP contribution in [0.1, 0.15) is 18.6 Å². The fourth-order valence-corrected chi connectivity index (χ4v) is 1.82. The van der Waals surface area contributed by atoms with E-state index in [9.17, 15) is 0 Å². The molecule has 2 unspecified atom stereocenters. The van der Waals surface area contributed by atoms with Crippen molar-refractivity contribution in [3.8, 4) is 0 Å². The average molecular weight is 196 g/mol. The Labute approximate surface area is 83.3 Å². The van der Waals surface area contributed by atoms with Crippen molar-refractivity contribution in [1.82, 2.24) is 15.0 Å². The molecule has 2 atom stereocenters. The van der Waals surface area contributed by atoms with Crippen LogP contribution in [0, 0.1) is 12.8 Å². The second-order valence-corrected chi connectivity index (χ2v) is 4.07. The third-order valence-electron chi connectivity index (χ3n) is 2.67. The Morgan fingerprint density at radius 2 is 2.36 bits per heavy atom. The standard InChI is InChI=1S/C9H16N4O/c1-6-3-13(4-8(6)10)5-9-11-7(2)12-14-9/h6,8H,3-5,10H2,1-2H3. The lowest BCUT2D eigenvalue weighted by molar-refractivity contribution is 0.260. The van der Waals surface area contributed by atoms with Crippen LogP contribution >= 0.6 is 0 Å². The molecule has 1 aromatic heterocycles. The van der Waals surface area contributed by atoms with Crippen LogP contribution in [-0.2, 0) is 6.54 Å². The number of hydrogen-bond acceptors (Lipinski definition) is 5. The molecule has 5 heteroatoms. The molecule has 1 aliphatic rings. The smallest absolute Gasteiger partial charge is 0.240 e. The molecule has 1 aliphatic heterocycles. The molecule has 2 heterocycles. The quantitative estimate of drug-likeness (QED) is 0.729. The first kappa shape index (κ1) is 9.61. The number of nitrogens with zero attached hydrogens (tertiary/aromatic N) is 3. The number of aryl methyl sites for hydroxylation is 1. The number of rotatable bonds is 2. The van der Waals surface area contributed by atoms with Gasteiger partial charge in [0.15, 0.2) is 5.82 Å². The monoisotopic (exact) mass is 196 g/mol. The summed E-state index contributed by atoms with van der Waals surface area (Å²) in [4.78, 5) is 6.42. The lowest BCUT2D eigenvalue weighted by Crippen LogP contribution is -2.28. The third-order valence-corrected chi connectivity index (χ3v) is 2.67. The molecule has 0 bridgehead atoms. The normalized spacial score (nSPS) is 28.5. The highest BCUT2D eigenvalue weighted by Gasteiger charge is 2.27. The van der Waals surface area contributed by atoms with E-state index in [1.165, 1.54) is 0 Å². The molecule has 5 nitrogen and oxygen atoms in total. The first-order chi connectivity index (χ1) is 6.65. The predicted molar refractivity (Wildman–Crippen MR) is 51.5 cm³/mol. The molecule has 2 N–H and O–H groups in total. The van der Waals surface area contributed by atoms with E-state index >= 15 is 0 Å². The van der Waals surface area contributed by atoms with Crippen LogP contribution in [-0.4, -0.2) is 34.2 Å². The zero-order valence-electron chi connectivity index (χ0n) is 8.60. The molecule has 0 amide bonds. The van der Waals surface area contributed by atoms with Gasteiger partial charge in [0.05, 0.1) is 6.54 Å². The highest BCUT2D eigenvalue weighted by molar-refractivity contribution is 4.88. The molecule has 2 rings (SSSR count). The van der Waals surface area contributed by atoms with Gasteiger partial charge in [0.2, 0.25) is 5.89 Å². The minimum Gasteiger partial charge on any atom is -0.338 e. The molecule has 0 saturated carbocycles. The van der Waals surface area contributed by atoms with E-state index in [1.807, 2.05) is 6.92 Å². The van der Waals surface area contributed by atoms with Crippen molar-refractivity contribution >= 4 is 0 Å². The van der Waals surface area contributed by atoms with Crippen molar-refractivity contribution in [1.29, 1.82) is 0 Å². The Morgan fingerprint density at radius 3 is 2.86 bits per heavy atom. The number of hydrogen-bond donors (Lipinski definition) is 1. The summed E-state index contributed by atoms with van der Waals surface area (Å²) in [5, 5.41) is 3.75. The van der Waals surface area contributed by atoms with Crippen molar-refractivity contribution in [3.63, 3.8) is 0 Å². The van der Waals surface area contributed by atoms with E-state index in [1.54, 1.807) is 0 Å². The Kier molecular flexibility index (Phi) is 2.52. The summed E-state index contributed by atoms with van der Waals surface area (Å²) >= 11 is 0. The van der Waals surface area contributed by atoms with Gasteiger partial charge in [-0.05, 0) is 12.8 Å². The molecular weight excluding hydrogens is 180 g/mol. The van der Waals surface area contributed by atoms with Gasteiger partial charge < -0.3 is 10.3 Å². The molecule has 0 radical (unpaired) electrons. The van der Waals surface area contributed by atoms with Gasteiger partial charge in [-0.1, -0.05) is 12.1 Å². The molecule has 0 spiro atoms. The van der Waals surface area contributed by atoms with Gasteiger partial charge in [0, 0.05) is 19.1 Å². The topological polar surface area (TPSA) is 68.2 Å². The van der Waals surface area contributed by atoms with E-state index in [4.69, 9.17) is 10.3 Å². The van der Waals surface area contributed by atoms with E-state index in [0.29, 0.717) is 17.6 Å². The summed E-state index contributed by atoms with van der Waals surface area (Å²) in [6.07, 6.45) is 0. The van der Waals surface area contributed by atoms with Gasteiger partial charge >= 0.3 is 0 Å². The number of nitrogens with two attached hydrogens (primary N) is 1. The lowest BCUT2D eigenvalue weighted by Gasteiger charge is -2.11. The van der Waals surface area contributed by atoms with Crippen LogP contribution in [0.4, 0.5) is 0 Å². The molecule has 14 heavy (non-hydrogen) atoms. The summed E-state index contributed by atoms with van der Waals surface area (Å²) in [6, 6.07) is 0.277. The maximum atomic E-state index is 5.92. The fourth-order valence-electron chi connectivity index (χ4n) is 1.82. The highest BCUT2D eigenvalue weighted by Crippen LogP contribution is 2.16. The van der Waals surface area contributed by atoms with Crippen molar-refractivity contribution in [3.05, 3.63) is 11.7 Å². The van der Waals surface area contributed by atoms with Crippen LogP contribution in [0.2, 0.25) is 0 Å². The minimum absolute atomic E-state index is 0.277. The van der Waals surface area contributed by atoms with Gasteiger partial charge in [-0.3, -0.25) is 4.90 Å². The Bertz CT molecular complexity index is 302. The lowest BCUT2D eigenvalue weighted by atomic mass is 10.1. The van der Waals surface area contributed by atoms with Crippen molar-refractivity contribution < 1.29 is 4.52 Å². The van der Waals surface area contributed by atoms with Crippen LogP contribution in [0.3, 0.4) is 0 Å². The third kappa shape index (κ3) is 1.93. The first-order valence-corrected chi connectivity index (χ1v) is 4.92. The van der Waals surface area contributed by atoms with E-state index in [2.05, 4.69) is 22.0 Å². The van der Waals surface area contributed by atoms with E-state index in [0.717, 1.165) is 19.6 Å². The second kappa shape index (κ2) is 3.67. The molecule has 1 fully saturated rings. The van der Waals surface area contributed by atoms with Crippen LogP contribution in [0.5, 0.6) is 0 Å². The van der Waals surface area contributed by atoms with Gasteiger partial charge in [0.1, 0.15) is 0 Å². The zero-order chi connectivity index (χ0) is 10.1. The summed E-state index contributed by atoms with van der Waals surface area (Å²) in [7, 11) is 0. The van der Waals surface area contributed by atoms with E-state index in [-0.39, 0.29) is 6.04 Å². The highest BCUT2D eigenvalue weighted by atomic mass is 16.5. The summed E-state index contributed by atoms with van der Waals surface area (Å²) in [5.41, 5.74) is 5.92. The van der Waals surface area contributed by atoms with Crippen LogP contribution in [0.25, 0.3) is 0 Å². The first-order valence-electron chi connectivity index (χ1n) is 4.92. The van der Waals surface area contributed by atoms with Gasteiger partial charge in [-0.25, -0.2) is 0 Å². The Morgan fingerprint density at radius 1 is 1.57 bits per heavy atom. The molecule has 0 aliphatic carbocycles. The molecular formula is C9H16N4O. The molecule has 78 valence electrons. The maximum absolute atomic E-state index is 5.92. The molecule has 0 aromatic carbocycles. The Hall–Kier alpha value is -0.940. The van der Waals surface area contributed by atoms with Crippen LogP contribution in [0.15, 0.2) is 4.52 Å². The minimum atomic E-state index is 0.277. The number of likely N-dealkylation sites (tertiary alicyclic amines) is 1. The molecule has 1 saturated heterocycles. The fraction of sp³-hybridized carbons (Fsp3) is 0.778. The van der Waals surface area contributed by atoms with Crippen molar-refractivity contribution in [2.75, 3.05) is 13.1 Å². The van der Waals surface area contributed by atoms with Gasteiger partial charge in [-0.2, -0.15) is 4.98 Å². The van der Waals surface area contributed by atoms with Crippen molar-refractivity contribution in [2.45, 2.75) is 26.4 Å². The second-order valence-electron chi connectivity index (χ2n) is 4.07. The summed E-state index contributed by atoms with van der Waals surface area (Å²) in [6.45, 7) is 6.65. The largest absolute Gasteiger partial charge is 0.338 e. The van der Waals surface area contributed by atoms with Crippen molar-refractivity contribution in [2.24, 2.45) is 11.7 Å². The average Bonchev–Trinajstić information content (AvgIpc) is 2.62. The summed E-state index contributed by atoms with van der Waals surface area (Å²) in [5.74, 6) is 1.93. The number of aromatic nitrogens is 2. The predicted octanol–water partition coefficient (Wildman–Crippen LogP) is 0.157. The van der Waals surface area contributed by atoms with Gasteiger partial charge in [0.25, 0.3) is 0 Å². The Balaban J connectivity index is 1.93. The molecule has 1 aromatic rings. The SMILES string of the molecule is Cc1noc(CN2CC(C)C(N)C2)n1. The zero-order valence-corrected chi connectivity index (χ0v) is 8.60. The van der Waals surface area contributed by atoms with Gasteiger partial charge in [-0.15, -0.1) is 0 Å². The van der Waals surface area contributed by atoms with E-state index < -0.39 is 0 Å². The summed E-state index contributed by atoms with van der Waals surface area (Å²) < 4.78 is 5.05.